The smallest absolute Gasteiger partial charge is 0.161 e. The summed E-state index contributed by atoms with van der Waals surface area (Å²) >= 11 is 0. The normalized spacial score (nSPS) is 34.6. The van der Waals surface area contributed by atoms with Gasteiger partial charge in [-0.15, -0.1) is 0 Å². The van der Waals surface area contributed by atoms with Crippen molar-refractivity contribution < 1.29 is 157 Å². The molecule has 6 saturated heterocycles. The van der Waals surface area contributed by atoms with E-state index >= 15 is 0 Å². The number of fused-ring (bicyclic) bond motifs is 18. The molecule has 6 fully saturated rings. The number of methoxy groups -OCH3 is 12. The quantitative estimate of drug-likeness (QED) is 0.0466. The molecule has 18 rings (SSSR count). The molecular formula is C117H168N6O18. The summed E-state index contributed by atoms with van der Waals surface area (Å²) < 4.78 is 476. The topological polar surface area (TPSA) is 233 Å². The Morgan fingerprint density at radius 1 is 0.305 bits per heavy atom. The molecule has 15 unspecified atom stereocenters. The molecule has 24 nitrogen and oxygen atoms in total. The first-order chi connectivity index (χ1) is 87.5. The molecule has 0 saturated carbocycles. The first-order valence-electron chi connectivity index (χ1n) is 73.6. The van der Waals surface area contributed by atoms with Crippen molar-refractivity contribution in [2.45, 2.75) is 254 Å². The van der Waals surface area contributed by atoms with E-state index in [0.717, 1.165) is 73.2 Å². The molecule has 0 spiro atoms. The lowest BCUT2D eigenvalue weighted by Crippen LogP contribution is -2.46. The molecule has 15 atom stereocenters. The highest BCUT2D eigenvalue weighted by Crippen LogP contribution is 2.51. The van der Waals surface area contributed by atoms with Crippen LogP contribution in [0.5, 0.6) is 69.0 Å². The molecule has 0 amide bonds. The third-order valence-corrected chi connectivity index (χ3v) is 27.8. The molecular weight excluding hydrogens is 1780 g/mol. The molecule has 12 heterocycles. The summed E-state index contributed by atoms with van der Waals surface area (Å²) in [7, 11) is -7.81. The molecule has 0 aliphatic carbocycles. The largest absolute Gasteiger partial charge is 0.493 e. The van der Waals surface area contributed by atoms with Crippen LogP contribution in [0, 0.1) is 70.9 Å². The number of benzene rings is 6. The second kappa shape index (κ2) is 50.0. The van der Waals surface area contributed by atoms with Crippen LogP contribution in [0.25, 0.3) is 0 Å². The van der Waals surface area contributed by atoms with Crippen molar-refractivity contribution in [3.63, 3.8) is 0 Å². The predicted octanol–water partition coefficient (Wildman–Crippen LogP) is 20.6. The first kappa shape index (κ1) is 58.7. The van der Waals surface area contributed by atoms with E-state index in [-0.39, 0.29) is 156 Å². The fraction of sp³-hybridized carbons (Fsp3) is 0.641. The van der Waals surface area contributed by atoms with Crippen molar-refractivity contribution in [3.8, 4) is 69.0 Å². The Kier molecular flexibility index (Phi) is 20.8. The number of Topliss-reactive ketones (excluding diaryl/α,β-unsaturated/α-hetero) is 6. The highest BCUT2D eigenvalue weighted by atomic mass is 16.5. The van der Waals surface area contributed by atoms with Crippen LogP contribution in [-0.2, 0) is 67.3 Å². The lowest BCUT2D eigenvalue weighted by Gasteiger charge is -2.43. The number of hydrogen-bond acceptors (Lipinski definition) is 24. The number of nitrogens with zero attached hydrogens (tertiary/aromatic N) is 6. The van der Waals surface area contributed by atoms with E-state index in [1.165, 1.54) is 76.7 Å². The van der Waals surface area contributed by atoms with E-state index in [0.29, 0.717) is 110 Å². The third-order valence-electron chi connectivity index (χ3n) is 27.8. The van der Waals surface area contributed by atoms with Gasteiger partial charge in [-0.25, -0.2) is 0 Å². The monoisotopic (exact) mass is 2000 g/mol. The number of carbonyl (C=O) groups is 6. The van der Waals surface area contributed by atoms with Gasteiger partial charge in [0, 0.05) is 235 Å². The Morgan fingerprint density at radius 2 is 0.553 bits per heavy atom. The number of rotatable bonds is 27. The van der Waals surface area contributed by atoms with Gasteiger partial charge < -0.3 is 56.8 Å². The van der Waals surface area contributed by atoms with Crippen molar-refractivity contribution in [2.24, 2.45) is 70.9 Å². The van der Waals surface area contributed by atoms with Crippen LogP contribution in [0.1, 0.15) is 353 Å². The van der Waals surface area contributed by atoms with E-state index in [1.54, 1.807) is 47.4 Å². The predicted molar refractivity (Wildman–Crippen MR) is 555 cm³/mol. The lowest BCUT2D eigenvalue weighted by atomic mass is 9.79. The van der Waals surface area contributed by atoms with Crippen LogP contribution >= 0.6 is 0 Å². The zero-order chi connectivity index (χ0) is 147. The molecule has 0 bridgehead atoms. The molecule has 12 aliphatic rings. The first-order valence-corrected chi connectivity index (χ1v) is 47.6. The summed E-state index contributed by atoms with van der Waals surface area (Å²) in [6.45, 7) is 1.54. The van der Waals surface area contributed by atoms with E-state index in [4.69, 9.17) is 128 Å². The molecule has 24 heteroatoms. The molecule has 774 valence electrons. The zero-order valence-electron chi connectivity index (χ0n) is 135. The van der Waals surface area contributed by atoms with Crippen LogP contribution in [0.15, 0.2) is 72.8 Å². The summed E-state index contributed by atoms with van der Waals surface area (Å²) in [5.74, 6) is -20.7. The maximum absolute atomic E-state index is 13.6. The number of ketones is 6. The van der Waals surface area contributed by atoms with Gasteiger partial charge in [0.05, 0.1) is 110 Å². The Morgan fingerprint density at radius 3 is 0.872 bits per heavy atom. The second-order valence-corrected chi connectivity index (χ2v) is 37.9. The molecule has 6 aromatic rings. The SMILES string of the molecule is [2H]C([2H])([2H])Oc1cc2c(cc1OC)C1CC(=O)C(C([2H])([2H])C([2H])(C([2H])([2H])[2H])C([2H])([2H])C)C([2H])([2H])N1CC2.[2H]C([2H])([2H])Oc1cc2c(cc1OC)C1CC(=O)C(C([2H])([2H])C([2H])(C([2H])([2H])[2H])C([2H])([2H])C)CN1CC2.[2H]C([2H])([2H])Oc1cc2c(cc1OC)C1CC(=O)C(CC(C)C)C([2H])([2H])N1CC2.[2H]C([2H])([2H])Oc1cc2c(cc1OC)C1CC(=O)C(CC(C)C)CN1CC2.[2H]C([2H])([2H])Oc1cc2c(cc1OC)C1N(CC2)CC([2H])(C([2H])([2H])C([2H])(C([2H])([2H])[2H])C([2H])([2H])C)C(=O)C1([2H])[2H].[2H]C([2H])([2H])Oc1cc2c(cc1OC)C1N(CC2)CC([2H])(CC(C)C)C(=O)C1([2H])[2H]. The molecule has 0 N–H and O–H groups in total. The second-order valence-electron chi connectivity index (χ2n) is 37.9. The lowest BCUT2D eigenvalue weighted by molar-refractivity contribution is -0.130. The van der Waals surface area contributed by atoms with Crippen molar-refractivity contribution in [1.29, 1.82) is 0 Å². The summed E-state index contributed by atoms with van der Waals surface area (Å²) in [4.78, 5) is 89.2. The number of hydrogen-bond donors (Lipinski definition) is 0. The number of carbonyl (C=O) groups excluding carboxylic acids is 6. The molecule has 141 heavy (non-hydrogen) atoms. The van der Waals surface area contributed by atoms with E-state index in [2.05, 4.69) is 18.7 Å². The minimum atomic E-state index is -3.67. The summed E-state index contributed by atoms with van der Waals surface area (Å²) in [6, 6.07) is 14.8. The van der Waals surface area contributed by atoms with Gasteiger partial charge in [-0.05, 0) is 252 Å². The highest BCUT2D eigenvalue weighted by Gasteiger charge is 2.47. The summed E-state index contributed by atoms with van der Waals surface area (Å²) in [5.41, 5.74) is 8.19. The number of ether oxygens (including phenoxy) is 12. The van der Waals surface area contributed by atoms with Crippen LogP contribution < -0.4 is 56.8 Å². The fourth-order valence-corrected chi connectivity index (χ4v) is 20.8. The van der Waals surface area contributed by atoms with Crippen molar-refractivity contribution in [1.82, 2.24) is 29.4 Å². The Hall–Kier alpha value is -9.30. The third kappa shape index (κ3) is 25.6. The van der Waals surface area contributed by atoms with Gasteiger partial charge in [0.1, 0.15) is 34.7 Å². The minimum absolute atomic E-state index is 0.0293. The number of piperidine rings is 6. The van der Waals surface area contributed by atoms with Gasteiger partial charge in [-0.1, -0.05) is 102 Å². The average molecular weight is 2000 g/mol. The standard InChI is InChI=1S/3C20H29NO3.3C19H27NO3/c3*1-5-13(2)8-15-12-21-7-6-14-9-19(23-3)20(24-4)10-16(14)17(21)11-18(15)22;3*1-12(2)7-14-11-20-6-5-13-8-18(22-3)19(23-4)9-15(13)16(20)10-17(14)21/h3*9-10,13,15,17H,5-8,11-12H2,1-4H3;3*8-9,12,14,16H,5-7,10-11H2,1-4H3/i2D3,3D3,5D2,8D2,11D2,13D,15D;2D3,3D3,5D2,8D2,12D2,13D;2D3,3D3,5D2,8D2,13D;3D3,10D2,14D;3D3,11D2;3D3. The Bertz CT molecular complexity index is 7630. The maximum Gasteiger partial charge on any atom is 0.161 e. The molecule has 12 aliphatic heterocycles. The van der Waals surface area contributed by atoms with Crippen molar-refractivity contribution in [2.75, 3.05) is 163 Å². The average Bonchev–Trinajstić information content (AvgIpc) is 0.679. The fourth-order valence-electron chi connectivity index (χ4n) is 20.8. The molecule has 0 radical (unpaired) electrons. The Balaban J connectivity index is 0.000000188. The van der Waals surface area contributed by atoms with Gasteiger partial charge in [0.15, 0.2) is 69.0 Å². The van der Waals surface area contributed by atoms with Crippen molar-refractivity contribution >= 4 is 34.7 Å². The summed E-state index contributed by atoms with van der Waals surface area (Å²) in [5, 5.41) is 0. The van der Waals surface area contributed by atoms with Gasteiger partial charge in [0.2, 0.25) is 0 Å². The van der Waals surface area contributed by atoms with E-state index in [9.17, 15) is 28.8 Å². The van der Waals surface area contributed by atoms with Crippen LogP contribution in [-0.4, -0.2) is 227 Å². The summed E-state index contributed by atoms with van der Waals surface area (Å²) in [6.07, 6.45) is -19.6. The highest BCUT2D eigenvalue weighted by molar-refractivity contribution is 5.86. The maximum atomic E-state index is 13.6. The molecule has 0 aromatic heterocycles. The minimum Gasteiger partial charge on any atom is -0.493 e. The van der Waals surface area contributed by atoms with Crippen molar-refractivity contribution in [3.05, 3.63) is 140 Å². The van der Waals surface area contributed by atoms with E-state index in [1.807, 2.05) is 43.6 Å². The van der Waals surface area contributed by atoms with E-state index < -0.39 is 234 Å². The van der Waals surface area contributed by atoms with Crippen LogP contribution in [0.2, 0.25) is 0 Å². The zero-order valence-corrected chi connectivity index (χ0v) is 82.7. The molecule has 6 aromatic carbocycles. The van der Waals surface area contributed by atoms with Crippen LogP contribution in [0.4, 0.5) is 0 Å². The van der Waals surface area contributed by atoms with Gasteiger partial charge >= 0.3 is 0 Å². The van der Waals surface area contributed by atoms with Gasteiger partial charge in [-0.2, -0.15) is 0 Å². The van der Waals surface area contributed by atoms with Crippen LogP contribution in [0.3, 0.4) is 0 Å². The van der Waals surface area contributed by atoms with Gasteiger partial charge in [-0.3, -0.25) is 58.2 Å². The van der Waals surface area contributed by atoms with Gasteiger partial charge in [0.25, 0.3) is 0 Å². The Labute approximate surface area is 915 Å².